The number of benzene rings is 1. The molecule has 0 radical (unpaired) electrons. The van der Waals surface area contributed by atoms with Gasteiger partial charge in [0.2, 0.25) is 0 Å². The molecule has 178 valence electrons. The van der Waals surface area contributed by atoms with Crippen LogP contribution in [-0.2, 0) is 14.3 Å². The van der Waals surface area contributed by atoms with Crippen molar-refractivity contribution in [1.29, 1.82) is 0 Å². The summed E-state index contributed by atoms with van der Waals surface area (Å²) in [5.41, 5.74) is 3.55. The van der Waals surface area contributed by atoms with E-state index >= 15 is 0 Å². The summed E-state index contributed by atoms with van der Waals surface area (Å²) in [6.07, 6.45) is 8.33. The van der Waals surface area contributed by atoms with Crippen molar-refractivity contribution in [3.63, 3.8) is 0 Å². The Balaban J connectivity index is 1.74. The van der Waals surface area contributed by atoms with Crippen molar-refractivity contribution >= 4 is 17.9 Å². The van der Waals surface area contributed by atoms with Gasteiger partial charge in [-0.1, -0.05) is 25.5 Å². The molecule has 1 aliphatic heterocycles. The summed E-state index contributed by atoms with van der Waals surface area (Å²) in [4.78, 5) is 19.3. The lowest BCUT2D eigenvalue weighted by Crippen LogP contribution is -2.20. The van der Waals surface area contributed by atoms with Crippen LogP contribution in [0.4, 0.5) is 5.82 Å². The molecule has 3 rings (SSSR count). The lowest BCUT2D eigenvalue weighted by atomic mass is 10.0. The molecule has 6 nitrogen and oxygen atoms in total. The third-order valence-corrected chi connectivity index (χ3v) is 5.60. The molecule has 0 N–H and O–H groups in total. The summed E-state index contributed by atoms with van der Waals surface area (Å²) in [6.45, 7) is 10.0. The zero-order valence-electron chi connectivity index (χ0n) is 20.1. The van der Waals surface area contributed by atoms with Gasteiger partial charge in [-0.3, -0.25) is 0 Å². The Kier molecular flexibility index (Phi) is 9.76. The molecule has 0 aliphatic carbocycles. The first-order valence-electron chi connectivity index (χ1n) is 12.0. The highest BCUT2D eigenvalue weighted by Crippen LogP contribution is 2.30. The van der Waals surface area contributed by atoms with Crippen molar-refractivity contribution < 1.29 is 19.0 Å². The Labute approximate surface area is 197 Å². The normalized spacial score (nSPS) is 13.9. The Hall–Kier alpha value is -2.86. The second-order valence-electron chi connectivity index (χ2n) is 8.22. The molecule has 1 saturated heterocycles. The number of aromatic nitrogens is 1. The largest absolute Gasteiger partial charge is 0.491 e. The van der Waals surface area contributed by atoms with Crippen molar-refractivity contribution in [2.75, 3.05) is 44.4 Å². The molecule has 0 amide bonds. The maximum absolute atomic E-state index is 12.2. The monoisotopic (exact) mass is 452 g/mol. The van der Waals surface area contributed by atoms with Crippen molar-refractivity contribution in [1.82, 2.24) is 4.98 Å². The van der Waals surface area contributed by atoms with Gasteiger partial charge in [0.15, 0.2) is 0 Å². The second kappa shape index (κ2) is 13.0. The maximum atomic E-state index is 12.2. The minimum atomic E-state index is -0.296. The molecule has 0 saturated carbocycles. The van der Waals surface area contributed by atoms with Gasteiger partial charge in [-0.2, -0.15) is 0 Å². The van der Waals surface area contributed by atoms with E-state index in [1.807, 2.05) is 43.5 Å². The molecule has 1 aliphatic rings. The number of nitrogens with zero attached hydrogens (tertiary/aromatic N) is 2. The molecule has 2 heterocycles. The predicted molar refractivity (Wildman–Crippen MR) is 133 cm³/mol. The first-order chi connectivity index (χ1) is 16.1. The lowest BCUT2D eigenvalue weighted by Gasteiger charge is -2.20. The fourth-order valence-corrected chi connectivity index (χ4v) is 3.78. The number of rotatable bonds is 12. The molecule has 1 fully saturated rings. The van der Waals surface area contributed by atoms with Crippen LogP contribution in [0.2, 0.25) is 0 Å². The van der Waals surface area contributed by atoms with Crippen LogP contribution in [0.1, 0.15) is 52.0 Å². The van der Waals surface area contributed by atoms with Gasteiger partial charge < -0.3 is 19.1 Å². The molecule has 0 atom stereocenters. The van der Waals surface area contributed by atoms with Crippen molar-refractivity contribution in [3.05, 3.63) is 47.7 Å². The van der Waals surface area contributed by atoms with E-state index in [2.05, 4.69) is 17.9 Å². The first-order valence-corrected chi connectivity index (χ1v) is 12.0. The van der Waals surface area contributed by atoms with Gasteiger partial charge in [0.25, 0.3) is 0 Å². The number of unbranched alkanes of at least 4 members (excludes halogenated alkanes) is 1. The zero-order chi connectivity index (χ0) is 23.5. The Bertz CT molecular complexity index is 918. The van der Waals surface area contributed by atoms with E-state index < -0.39 is 0 Å². The number of pyridine rings is 1. The number of esters is 1. The quantitative estimate of drug-likeness (QED) is 0.240. The SMILES string of the molecule is CCCCOCCOc1ccc(-c2cnc(N3CCCC3)c(C=C(C)C(=O)OCC)c2)cc1. The van der Waals surface area contributed by atoms with Crippen molar-refractivity contribution in [2.24, 2.45) is 0 Å². The number of hydrogen-bond acceptors (Lipinski definition) is 6. The average molecular weight is 453 g/mol. The summed E-state index contributed by atoms with van der Waals surface area (Å²) in [6, 6.07) is 10.1. The number of hydrogen-bond donors (Lipinski definition) is 0. The van der Waals surface area contributed by atoms with Gasteiger partial charge in [-0.05, 0) is 62.9 Å². The summed E-state index contributed by atoms with van der Waals surface area (Å²) >= 11 is 0. The first kappa shape index (κ1) is 24.8. The summed E-state index contributed by atoms with van der Waals surface area (Å²) in [7, 11) is 0. The highest BCUT2D eigenvalue weighted by Gasteiger charge is 2.18. The standard InChI is InChI=1S/C27H36N2O4/c1-4-6-15-31-16-17-33-25-11-9-22(10-12-25)24-19-23(18-21(3)27(30)32-5-2)26(28-20-24)29-13-7-8-14-29/h9-12,18-20H,4-8,13-17H2,1-3H3. The minimum Gasteiger partial charge on any atom is -0.491 e. The van der Waals surface area contributed by atoms with E-state index in [1.165, 1.54) is 0 Å². The van der Waals surface area contributed by atoms with E-state index in [9.17, 15) is 4.79 Å². The van der Waals surface area contributed by atoms with Crippen LogP contribution in [0.15, 0.2) is 42.1 Å². The zero-order valence-corrected chi connectivity index (χ0v) is 20.1. The van der Waals surface area contributed by atoms with Crippen molar-refractivity contribution in [2.45, 2.75) is 46.5 Å². The highest BCUT2D eigenvalue weighted by atomic mass is 16.5. The van der Waals surface area contributed by atoms with Crippen LogP contribution < -0.4 is 9.64 Å². The van der Waals surface area contributed by atoms with Gasteiger partial charge in [0.05, 0.1) is 13.2 Å². The molecular weight excluding hydrogens is 416 g/mol. The average Bonchev–Trinajstić information content (AvgIpc) is 3.36. The lowest BCUT2D eigenvalue weighted by molar-refractivity contribution is -0.138. The Morgan fingerprint density at radius 1 is 1.06 bits per heavy atom. The summed E-state index contributed by atoms with van der Waals surface area (Å²) < 4.78 is 16.5. The third-order valence-electron chi connectivity index (χ3n) is 5.60. The van der Waals surface area contributed by atoms with Gasteiger partial charge in [-0.25, -0.2) is 9.78 Å². The number of anilines is 1. The molecule has 6 heteroatoms. The van der Waals surface area contributed by atoms with Crippen LogP contribution in [0, 0.1) is 0 Å². The van der Waals surface area contributed by atoms with E-state index in [0.29, 0.717) is 25.4 Å². The molecule has 0 bridgehead atoms. The molecule has 1 aromatic heterocycles. The van der Waals surface area contributed by atoms with Gasteiger partial charge >= 0.3 is 5.97 Å². The smallest absolute Gasteiger partial charge is 0.333 e. The fraction of sp³-hybridized carbons (Fsp3) is 0.481. The molecule has 0 spiro atoms. The second-order valence-corrected chi connectivity index (χ2v) is 8.22. The number of carbonyl (C=O) groups excluding carboxylic acids is 1. The van der Waals surface area contributed by atoms with E-state index in [0.717, 1.165) is 73.6 Å². The maximum Gasteiger partial charge on any atom is 0.333 e. The molecule has 1 aromatic carbocycles. The van der Waals surface area contributed by atoms with Crippen LogP contribution in [0.25, 0.3) is 17.2 Å². The van der Waals surface area contributed by atoms with E-state index in [-0.39, 0.29) is 5.97 Å². The molecule has 33 heavy (non-hydrogen) atoms. The van der Waals surface area contributed by atoms with Crippen LogP contribution >= 0.6 is 0 Å². The number of carbonyl (C=O) groups is 1. The predicted octanol–water partition coefficient (Wildman–Crippen LogP) is 5.51. The van der Waals surface area contributed by atoms with Gasteiger partial charge in [0.1, 0.15) is 18.2 Å². The van der Waals surface area contributed by atoms with Gasteiger partial charge in [-0.15, -0.1) is 0 Å². The van der Waals surface area contributed by atoms with Gasteiger partial charge in [0, 0.05) is 42.6 Å². The van der Waals surface area contributed by atoms with E-state index in [4.69, 9.17) is 19.2 Å². The third kappa shape index (κ3) is 7.32. The summed E-state index contributed by atoms with van der Waals surface area (Å²) in [5.74, 6) is 1.44. The van der Waals surface area contributed by atoms with Crippen LogP contribution in [0.5, 0.6) is 5.75 Å². The number of ether oxygens (including phenoxy) is 3. The minimum absolute atomic E-state index is 0.296. The van der Waals surface area contributed by atoms with Crippen LogP contribution in [-0.4, -0.2) is 50.5 Å². The molecule has 2 aromatic rings. The van der Waals surface area contributed by atoms with E-state index in [1.54, 1.807) is 6.92 Å². The topological polar surface area (TPSA) is 60.9 Å². The highest BCUT2D eigenvalue weighted by molar-refractivity contribution is 5.94. The van der Waals surface area contributed by atoms with Crippen LogP contribution in [0.3, 0.4) is 0 Å². The van der Waals surface area contributed by atoms with Crippen molar-refractivity contribution in [3.8, 4) is 16.9 Å². The summed E-state index contributed by atoms with van der Waals surface area (Å²) in [5, 5.41) is 0. The Morgan fingerprint density at radius 3 is 2.52 bits per heavy atom. The molecule has 0 unspecified atom stereocenters. The Morgan fingerprint density at radius 2 is 1.82 bits per heavy atom. The molecular formula is C27H36N2O4. The fourth-order valence-electron chi connectivity index (χ4n) is 3.78.